The van der Waals surface area contributed by atoms with Crippen molar-refractivity contribution in [3.63, 3.8) is 0 Å². The smallest absolute Gasteiger partial charge is 0.293 e. The highest BCUT2D eigenvalue weighted by atomic mass is 35.5. The fourth-order valence-electron chi connectivity index (χ4n) is 2.41. The van der Waals surface area contributed by atoms with Crippen LogP contribution in [0.3, 0.4) is 0 Å². The molecule has 0 fully saturated rings. The molecule has 0 atom stereocenters. The molecular formula is C18H18Cl2N4O4. The molecule has 0 bridgehead atoms. The molecule has 10 heteroatoms. The maximum absolute atomic E-state index is 12.2. The molecule has 2 rings (SSSR count). The van der Waals surface area contributed by atoms with Gasteiger partial charge in [-0.2, -0.15) is 0 Å². The summed E-state index contributed by atoms with van der Waals surface area (Å²) < 4.78 is 0. The van der Waals surface area contributed by atoms with Crippen LogP contribution in [0.2, 0.25) is 10.0 Å². The number of aryl methyl sites for hydroxylation is 1. The number of amides is 2. The summed E-state index contributed by atoms with van der Waals surface area (Å²) in [6, 6.07) is 9.20. The summed E-state index contributed by atoms with van der Waals surface area (Å²) >= 11 is 11.7. The number of hydrogen-bond donors (Lipinski definition) is 2. The van der Waals surface area contributed by atoms with E-state index in [1.54, 1.807) is 32.2 Å². The van der Waals surface area contributed by atoms with E-state index in [4.69, 9.17) is 23.2 Å². The summed E-state index contributed by atoms with van der Waals surface area (Å²) in [4.78, 5) is 36.3. The Bertz CT molecular complexity index is 920. The van der Waals surface area contributed by atoms with Gasteiger partial charge in [0.25, 0.3) is 5.69 Å². The van der Waals surface area contributed by atoms with Crippen molar-refractivity contribution < 1.29 is 14.5 Å². The van der Waals surface area contributed by atoms with E-state index < -0.39 is 10.8 Å². The van der Waals surface area contributed by atoms with Crippen molar-refractivity contribution in [3.8, 4) is 0 Å². The largest absolute Gasteiger partial charge is 0.325 e. The molecule has 0 aliphatic heterocycles. The highest BCUT2D eigenvalue weighted by Gasteiger charge is 2.17. The van der Waals surface area contributed by atoms with E-state index >= 15 is 0 Å². The normalized spacial score (nSPS) is 10.6. The van der Waals surface area contributed by atoms with Gasteiger partial charge >= 0.3 is 0 Å². The monoisotopic (exact) mass is 424 g/mol. The van der Waals surface area contributed by atoms with Crippen molar-refractivity contribution in [2.24, 2.45) is 0 Å². The van der Waals surface area contributed by atoms with Crippen LogP contribution in [-0.2, 0) is 9.59 Å². The molecule has 2 aromatic carbocycles. The topological polar surface area (TPSA) is 105 Å². The average Bonchev–Trinajstić information content (AvgIpc) is 2.59. The van der Waals surface area contributed by atoms with Gasteiger partial charge in [0.2, 0.25) is 11.8 Å². The van der Waals surface area contributed by atoms with Crippen LogP contribution in [0.4, 0.5) is 17.1 Å². The van der Waals surface area contributed by atoms with Crippen molar-refractivity contribution >= 4 is 52.1 Å². The predicted molar refractivity (Wildman–Crippen MR) is 109 cm³/mol. The average molecular weight is 425 g/mol. The van der Waals surface area contributed by atoms with Crippen LogP contribution in [-0.4, -0.2) is 41.8 Å². The van der Waals surface area contributed by atoms with Crippen LogP contribution < -0.4 is 10.6 Å². The third-order valence-electron chi connectivity index (χ3n) is 3.65. The number of halogens is 2. The van der Waals surface area contributed by atoms with Crippen LogP contribution in [0, 0.1) is 17.0 Å². The second-order valence-electron chi connectivity index (χ2n) is 6.18. The van der Waals surface area contributed by atoms with Crippen LogP contribution in [0.15, 0.2) is 36.4 Å². The number of hydrogen-bond acceptors (Lipinski definition) is 5. The van der Waals surface area contributed by atoms with E-state index in [0.29, 0.717) is 21.3 Å². The van der Waals surface area contributed by atoms with Gasteiger partial charge in [-0.1, -0.05) is 29.3 Å². The van der Waals surface area contributed by atoms with Gasteiger partial charge in [-0.15, -0.1) is 0 Å². The lowest BCUT2D eigenvalue weighted by Crippen LogP contribution is -2.36. The minimum absolute atomic E-state index is 0.0658. The lowest BCUT2D eigenvalue weighted by molar-refractivity contribution is -0.384. The zero-order chi connectivity index (χ0) is 20.8. The molecule has 0 aromatic heterocycles. The third-order valence-corrected chi connectivity index (χ3v) is 4.39. The molecule has 0 heterocycles. The zero-order valence-electron chi connectivity index (χ0n) is 15.2. The molecule has 2 aromatic rings. The number of nitro benzene ring substituents is 1. The van der Waals surface area contributed by atoms with Crippen LogP contribution in [0.1, 0.15) is 5.56 Å². The summed E-state index contributed by atoms with van der Waals surface area (Å²) in [5, 5.41) is 17.0. The maximum Gasteiger partial charge on any atom is 0.293 e. The minimum atomic E-state index is -0.559. The van der Waals surface area contributed by atoms with Gasteiger partial charge in [-0.25, -0.2) is 0 Å². The Kier molecular flexibility index (Phi) is 7.33. The summed E-state index contributed by atoms with van der Waals surface area (Å²) in [6.07, 6.45) is 0. The van der Waals surface area contributed by atoms with Gasteiger partial charge in [0.05, 0.1) is 28.1 Å². The van der Waals surface area contributed by atoms with Crippen LogP contribution in [0.5, 0.6) is 0 Å². The number of likely N-dealkylation sites (N-methyl/N-ethyl adjacent to an activating group) is 1. The summed E-state index contributed by atoms with van der Waals surface area (Å²) in [7, 11) is 1.58. The molecule has 0 saturated carbocycles. The molecule has 0 saturated heterocycles. The summed E-state index contributed by atoms with van der Waals surface area (Å²) in [6.45, 7) is 1.53. The van der Waals surface area contributed by atoms with Crippen molar-refractivity contribution in [1.82, 2.24) is 4.90 Å². The predicted octanol–water partition coefficient (Wildman–Crippen LogP) is 3.72. The van der Waals surface area contributed by atoms with Crippen molar-refractivity contribution in [2.75, 3.05) is 30.8 Å². The van der Waals surface area contributed by atoms with E-state index in [-0.39, 0.29) is 30.4 Å². The summed E-state index contributed by atoms with van der Waals surface area (Å²) in [5.41, 5.74) is 1.11. The molecule has 0 unspecified atom stereocenters. The quantitative estimate of drug-likeness (QED) is 0.520. The number of nitrogens with one attached hydrogen (secondary N) is 2. The summed E-state index contributed by atoms with van der Waals surface area (Å²) in [5.74, 6) is -0.827. The fraction of sp³-hybridized carbons (Fsp3) is 0.222. The van der Waals surface area contributed by atoms with Gasteiger partial charge in [0.1, 0.15) is 5.69 Å². The third kappa shape index (κ3) is 6.19. The van der Waals surface area contributed by atoms with E-state index in [1.165, 1.54) is 23.1 Å². The number of rotatable bonds is 7. The SMILES string of the molecule is Cc1ccc(NC(=O)CN(C)CC(=O)Nc2ccc(Cl)c(Cl)c2)c([N+](=O)[O-])c1. The highest BCUT2D eigenvalue weighted by molar-refractivity contribution is 6.42. The Morgan fingerprint density at radius 2 is 1.68 bits per heavy atom. The second kappa shape index (κ2) is 9.50. The van der Waals surface area contributed by atoms with Crippen molar-refractivity contribution in [2.45, 2.75) is 6.92 Å². The second-order valence-corrected chi connectivity index (χ2v) is 6.99. The first kappa shape index (κ1) is 21.6. The first-order chi connectivity index (χ1) is 13.2. The van der Waals surface area contributed by atoms with E-state index in [0.717, 1.165) is 0 Å². The number of anilines is 2. The van der Waals surface area contributed by atoms with E-state index in [2.05, 4.69) is 10.6 Å². The van der Waals surface area contributed by atoms with Crippen LogP contribution in [0.25, 0.3) is 0 Å². The van der Waals surface area contributed by atoms with Crippen molar-refractivity contribution in [1.29, 1.82) is 0 Å². The lowest BCUT2D eigenvalue weighted by atomic mass is 10.2. The number of carbonyl (C=O) groups excluding carboxylic acids is 2. The molecule has 0 aliphatic rings. The van der Waals surface area contributed by atoms with E-state index in [1.807, 2.05) is 0 Å². The molecule has 0 aliphatic carbocycles. The Morgan fingerprint density at radius 3 is 2.29 bits per heavy atom. The number of carbonyl (C=O) groups is 2. The Balaban J connectivity index is 1.91. The van der Waals surface area contributed by atoms with Gasteiger partial charge in [-0.3, -0.25) is 24.6 Å². The van der Waals surface area contributed by atoms with Gasteiger partial charge in [0.15, 0.2) is 0 Å². The molecule has 28 heavy (non-hydrogen) atoms. The fourth-order valence-corrected chi connectivity index (χ4v) is 2.71. The lowest BCUT2D eigenvalue weighted by Gasteiger charge is -2.16. The Labute approximate surface area is 171 Å². The molecule has 2 N–H and O–H groups in total. The maximum atomic E-state index is 12.2. The molecular weight excluding hydrogens is 407 g/mol. The van der Waals surface area contributed by atoms with E-state index in [9.17, 15) is 19.7 Å². The number of nitro groups is 1. The van der Waals surface area contributed by atoms with Gasteiger partial charge < -0.3 is 10.6 Å². The Morgan fingerprint density at radius 1 is 1.04 bits per heavy atom. The molecule has 2 amide bonds. The van der Waals surface area contributed by atoms with Gasteiger partial charge in [0, 0.05) is 11.8 Å². The van der Waals surface area contributed by atoms with Crippen molar-refractivity contribution in [3.05, 3.63) is 62.1 Å². The molecule has 148 valence electrons. The van der Waals surface area contributed by atoms with Crippen LogP contribution >= 0.6 is 23.2 Å². The molecule has 0 radical (unpaired) electrons. The standard InChI is InChI=1S/C18H18Cl2N4O4/c1-11-3-6-15(16(7-11)24(27)28)22-18(26)10-23(2)9-17(25)21-12-4-5-13(19)14(20)8-12/h3-8H,9-10H2,1-2H3,(H,21,25)(H,22,26). The van der Waals surface area contributed by atoms with Gasteiger partial charge in [-0.05, 0) is 43.8 Å². The highest BCUT2D eigenvalue weighted by Crippen LogP contribution is 2.26. The first-order valence-corrected chi connectivity index (χ1v) is 8.89. The first-order valence-electron chi connectivity index (χ1n) is 8.14. The Hall–Kier alpha value is -2.68. The number of nitrogens with zero attached hydrogens (tertiary/aromatic N) is 2. The zero-order valence-corrected chi connectivity index (χ0v) is 16.7. The molecule has 0 spiro atoms. The number of benzene rings is 2. The molecule has 8 nitrogen and oxygen atoms in total. The minimum Gasteiger partial charge on any atom is -0.325 e.